The Balaban J connectivity index is 0.000000168. The maximum atomic E-state index is 12.3. The van der Waals surface area contributed by atoms with Crippen LogP contribution in [0.1, 0.15) is 21.5 Å². The monoisotopic (exact) mass is 508 g/mol. The number of H-pyrrole nitrogens is 1. The number of carbonyl (C=O) groups is 1. The molecule has 4 aromatic carbocycles. The maximum absolute atomic E-state index is 12.3. The topological polar surface area (TPSA) is 162 Å². The summed E-state index contributed by atoms with van der Waals surface area (Å²) in [7, 11) is 0. The van der Waals surface area contributed by atoms with Gasteiger partial charge < -0.3 is 4.98 Å². The molecule has 5 aromatic rings. The van der Waals surface area contributed by atoms with Crippen LogP contribution in [-0.4, -0.2) is 25.5 Å². The van der Waals surface area contributed by atoms with Gasteiger partial charge in [-0.1, -0.05) is 49.1 Å². The summed E-state index contributed by atoms with van der Waals surface area (Å²) in [6.45, 7) is 3.83. The van der Waals surface area contributed by atoms with Crippen LogP contribution in [0.2, 0.25) is 0 Å². The molecule has 1 aliphatic carbocycles. The molecule has 38 heavy (non-hydrogen) atoms. The average molecular weight is 508 g/mol. The average Bonchev–Trinajstić information content (AvgIpc) is 3.43. The Kier molecular flexibility index (Phi) is 5.72. The van der Waals surface area contributed by atoms with Crippen molar-refractivity contribution in [3.63, 3.8) is 0 Å². The first-order chi connectivity index (χ1) is 18.2. The largest absolute Gasteiger partial charge is 0.354 e. The Morgan fingerprint density at radius 2 is 1.39 bits per heavy atom. The Morgan fingerprint density at radius 1 is 0.711 bits per heavy atom. The van der Waals surface area contributed by atoms with Gasteiger partial charge in [0.1, 0.15) is 0 Å². The third-order valence-corrected chi connectivity index (χ3v) is 6.28. The number of aromatic nitrogens is 1. The number of benzene rings is 4. The summed E-state index contributed by atoms with van der Waals surface area (Å²) >= 11 is 0. The molecular formula is C27H16N4O7. The second-order valence-electron chi connectivity index (χ2n) is 8.36. The Hall–Kier alpha value is -5.71. The Morgan fingerprint density at radius 3 is 2.08 bits per heavy atom. The molecule has 0 atom stereocenters. The van der Waals surface area contributed by atoms with Crippen LogP contribution in [-0.2, 0) is 0 Å². The standard InChI is InChI=1S/C14H11N.C13H5N3O7/c1-2-10-6-5-8-12-11-7-3-4-9-13(11)15-14(10)12;17-13-9-3-6(14(18)19)1-2-8(9)12-10(13)4-7(15(20)21)5-11(12)16(22)23/h2-9,15H,1H2;1-5H. The molecule has 1 N–H and O–H groups in total. The molecule has 1 heterocycles. The van der Waals surface area contributed by atoms with E-state index < -0.39 is 31.9 Å². The van der Waals surface area contributed by atoms with Crippen molar-refractivity contribution >= 4 is 50.7 Å². The number of nitrogens with one attached hydrogen (secondary N) is 1. The van der Waals surface area contributed by atoms with Crippen LogP contribution in [0.4, 0.5) is 17.1 Å². The number of hydrogen-bond donors (Lipinski definition) is 1. The van der Waals surface area contributed by atoms with E-state index in [1.165, 1.54) is 27.9 Å². The van der Waals surface area contributed by atoms with Crippen molar-refractivity contribution in [3.8, 4) is 11.1 Å². The lowest BCUT2D eigenvalue weighted by Gasteiger charge is -2.02. The molecule has 0 fully saturated rings. The van der Waals surface area contributed by atoms with Crippen molar-refractivity contribution in [2.45, 2.75) is 0 Å². The van der Waals surface area contributed by atoms with Gasteiger partial charge in [-0.3, -0.25) is 35.1 Å². The van der Waals surface area contributed by atoms with E-state index in [2.05, 4.69) is 48.0 Å². The highest BCUT2D eigenvalue weighted by Crippen LogP contribution is 2.45. The number of aromatic amines is 1. The Bertz CT molecular complexity index is 1860. The number of nitro benzene ring substituents is 3. The zero-order valence-electron chi connectivity index (χ0n) is 19.4. The molecule has 11 nitrogen and oxygen atoms in total. The molecule has 6 rings (SSSR count). The van der Waals surface area contributed by atoms with E-state index in [-0.39, 0.29) is 27.9 Å². The zero-order valence-corrected chi connectivity index (χ0v) is 19.4. The number of rotatable bonds is 4. The molecule has 0 saturated heterocycles. The Labute approximate surface area is 213 Å². The molecule has 11 heteroatoms. The summed E-state index contributed by atoms with van der Waals surface area (Å²) in [5, 5.41) is 35.4. The molecule has 0 aliphatic heterocycles. The number of nitrogens with zero attached hydrogens (tertiary/aromatic N) is 3. The summed E-state index contributed by atoms with van der Waals surface area (Å²) in [5.74, 6) is -0.717. The quantitative estimate of drug-likeness (QED) is 0.207. The van der Waals surface area contributed by atoms with Crippen molar-refractivity contribution in [2.24, 2.45) is 0 Å². The number of para-hydroxylation sites is 2. The van der Waals surface area contributed by atoms with Crippen LogP contribution >= 0.6 is 0 Å². The van der Waals surface area contributed by atoms with Crippen molar-refractivity contribution < 1.29 is 19.6 Å². The molecule has 0 amide bonds. The van der Waals surface area contributed by atoms with Crippen LogP contribution in [0.25, 0.3) is 39.0 Å². The van der Waals surface area contributed by atoms with E-state index >= 15 is 0 Å². The van der Waals surface area contributed by atoms with Crippen molar-refractivity contribution in [1.29, 1.82) is 0 Å². The first kappa shape index (κ1) is 24.0. The molecule has 0 bridgehead atoms. The van der Waals surface area contributed by atoms with Gasteiger partial charge in [0.2, 0.25) is 0 Å². The smallest absolute Gasteiger partial charge is 0.284 e. The lowest BCUT2D eigenvalue weighted by Crippen LogP contribution is -2.00. The van der Waals surface area contributed by atoms with Gasteiger partial charge in [0.15, 0.2) is 5.78 Å². The summed E-state index contributed by atoms with van der Waals surface area (Å²) < 4.78 is 0. The number of hydrogen-bond acceptors (Lipinski definition) is 7. The molecule has 186 valence electrons. The summed E-state index contributed by atoms with van der Waals surface area (Å²) in [6, 6.07) is 19.7. The van der Waals surface area contributed by atoms with E-state index in [0.717, 1.165) is 29.8 Å². The van der Waals surface area contributed by atoms with Gasteiger partial charge in [-0.05, 0) is 17.7 Å². The van der Waals surface area contributed by atoms with Crippen molar-refractivity contribution in [2.75, 3.05) is 0 Å². The first-order valence-electron chi connectivity index (χ1n) is 11.1. The van der Waals surface area contributed by atoms with Crippen molar-refractivity contribution in [1.82, 2.24) is 4.98 Å². The zero-order chi connectivity index (χ0) is 27.1. The third-order valence-electron chi connectivity index (χ3n) is 6.28. The SMILES string of the molecule is C=Cc1cccc2c1[nH]c1ccccc12.O=C1c2cc([N+](=O)[O-])ccc2-c2c1cc([N+](=O)[O-])cc2[N+](=O)[O-]. The fraction of sp³-hybridized carbons (Fsp3) is 0. The highest BCUT2D eigenvalue weighted by Gasteiger charge is 2.36. The number of fused-ring (bicyclic) bond motifs is 6. The van der Waals surface area contributed by atoms with Crippen LogP contribution in [0, 0.1) is 30.3 Å². The van der Waals surface area contributed by atoms with Crippen molar-refractivity contribution in [3.05, 3.63) is 126 Å². The van der Waals surface area contributed by atoms with Gasteiger partial charge in [0.25, 0.3) is 17.1 Å². The minimum atomic E-state index is -0.841. The van der Waals surface area contributed by atoms with Crippen LogP contribution in [0.15, 0.2) is 79.4 Å². The van der Waals surface area contributed by atoms with E-state index in [1.54, 1.807) is 0 Å². The predicted molar refractivity (Wildman–Crippen MR) is 141 cm³/mol. The van der Waals surface area contributed by atoms with Crippen LogP contribution in [0.5, 0.6) is 0 Å². The lowest BCUT2D eigenvalue weighted by atomic mass is 10.0. The lowest BCUT2D eigenvalue weighted by molar-refractivity contribution is -0.393. The van der Waals surface area contributed by atoms with Crippen LogP contribution < -0.4 is 0 Å². The van der Waals surface area contributed by atoms with Crippen LogP contribution in [0.3, 0.4) is 0 Å². The summed E-state index contributed by atoms with van der Waals surface area (Å²) in [5.41, 5.74) is 1.79. The minimum absolute atomic E-state index is 0.0597. The second kappa shape index (κ2) is 9.06. The minimum Gasteiger partial charge on any atom is -0.354 e. The fourth-order valence-electron chi connectivity index (χ4n) is 4.59. The second-order valence-corrected chi connectivity index (χ2v) is 8.36. The summed E-state index contributed by atoms with van der Waals surface area (Å²) in [6.07, 6.45) is 1.89. The maximum Gasteiger partial charge on any atom is 0.284 e. The molecular weight excluding hydrogens is 492 g/mol. The van der Waals surface area contributed by atoms with E-state index in [4.69, 9.17) is 0 Å². The highest BCUT2D eigenvalue weighted by molar-refractivity contribution is 6.23. The molecule has 0 unspecified atom stereocenters. The number of nitro groups is 3. The van der Waals surface area contributed by atoms with Gasteiger partial charge >= 0.3 is 0 Å². The highest BCUT2D eigenvalue weighted by atomic mass is 16.6. The van der Waals surface area contributed by atoms with E-state index in [9.17, 15) is 35.1 Å². The van der Waals surface area contributed by atoms with Gasteiger partial charge in [-0.2, -0.15) is 0 Å². The fourth-order valence-corrected chi connectivity index (χ4v) is 4.59. The normalized spacial score (nSPS) is 11.4. The molecule has 0 saturated carbocycles. The molecule has 1 aromatic heterocycles. The number of carbonyl (C=O) groups excluding carboxylic acids is 1. The molecule has 0 radical (unpaired) electrons. The summed E-state index contributed by atoms with van der Waals surface area (Å²) in [4.78, 5) is 46.3. The van der Waals surface area contributed by atoms with Gasteiger partial charge in [-0.15, -0.1) is 0 Å². The molecule has 0 spiro atoms. The van der Waals surface area contributed by atoms with Gasteiger partial charge in [-0.25, -0.2) is 0 Å². The number of non-ortho nitro benzene ring substituents is 2. The third kappa shape index (κ3) is 3.84. The first-order valence-corrected chi connectivity index (χ1v) is 11.1. The van der Waals surface area contributed by atoms with E-state index in [0.29, 0.717) is 0 Å². The molecule has 1 aliphatic rings. The number of ketones is 1. The van der Waals surface area contributed by atoms with E-state index in [1.807, 2.05) is 12.1 Å². The van der Waals surface area contributed by atoms with Gasteiger partial charge in [0, 0.05) is 51.2 Å². The van der Waals surface area contributed by atoms with Gasteiger partial charge in [0.05, 0.1) is 31.9 Å². The predicted octanol–water partition coefficient (Wildman–Crippen LogP) is 6.59.